The number of hydrogen-bond donors (Lipinski definition) is 4. The molecule has 1 fully saturated rings. The molecule has 2 aliphatic rings. The number of benzene rings is 2. The predicted molar refractivity (Wildman–Crippen MR) is 156 cm³/mol. The van der Waals surface area contributed by atoms with Crippen molar-refractivity contribution in [1.82, 2.24) is 14.9 Å². The van der Waals surface area contributed by atoms with E-state index in [0.29, 0.717) is 16.8 Å². The van der Waals surface area contributed by atoms with E-state index in [4.69, 9.17) is 31.4 Å². The number of alkyl halides is 6. The molecule has 0 unspecified atom stereocenters. The number of rotatable bonds is 1. The van der Waals surface area contributed by atoms with Crippen LogP contribution in [0.5, 0.6) is 0 Å². The third-order valence-corrected chi connectivity index (χ3v) is 6.78. The molecule has 5 rings (SSSR count). The number of nitrogens with one attached hydrogen (secondary N) is 2. The molecule has 1 aromatic heterocycles. The molecule has 0 saturated carbocycles. The van der Waals surface area contributed by atoms with E-state index in [1.165, 1.54) is 16.8 Å². The van der Waals surface area contributed by atoms with Crippen molar-refractivity contribution in [3.8, 4) is 0 Å². The van der Waals surface area contributed by atoms with Gasteiger partial charge in [0.05, 0.1) is 6.20 Å². The molecule has 0 radical (unpaired) electrons. The fourth-order valence-electron chi connectivity index (χ4n) is 4.30. The van der Waals surface area contributed by atoms with Crippen molar-refractivity contribution in [1.29, 1.82) is 0 Å². The van der Waals surface area contributed by atoms with E-state index in [1.54, 1.807) is 13.1 Å². The molecule has 4 N–H and O–H groups in total. The third-order valence-electron chi connectivity index (χ3n) is 6.50. The van der Waals surface area contributed by atoms with Crippen LogP contribution < -0.4 is 15.5 Å². The van der Waals surface area contributed by atoms with Gasteiger partial charge in [-0.05, 0) is 54.3 Å². The lowest BCUT2D eigenvalue weighted by Gasteiger charge is -2.36. The summed E-state index contributed by atoms with van der Waals surface area (Å²) in [5, 5.41) is 21.3. The van der Waals surface area contributed by atoms with E-state index in [1.807, 2.05) is 17.0 Å². The fourth-order valence-corrected chi connectivity index (χ4v) is 4.44. The summed E-state index contributed by atoms with van der Waals surface area (Å²) in [5.41, 5.74) is 5.60. The van der Waals surface area contributed by atoms with E-state index >= 15 is 0 Å². The van der Waals surface area contributed by atoms with Gasteiger partial charge in [0.25, 0.3) is 0 Å². The number of carboxylic acids is 2. The summed E-state index contributed by atoms with van der Waals surface area (Å²) >= 11 is 6.37. The van der Waals surface area contributed by atoms with Crippen LogP contribution in [0.25, 0.3) is 0 Å². The molecule has 2 aromatic carbocycles. The molecule has 0 atom stereocenters. The number of anilines is 5. The summed E-state index contributed by atoms with van der Waals surface area (Å²) in [5.74, 6) is -4.31. The van der Waals surface area contributed by atoms with Gasteiger partial charge < -0.3 is 30.6 Å². The number of nitrogens with zero attached hydrogens (tertiary/aromatic N) is 4. The quantitative estimate of drug-likeness (QED) is 0.238. The number of carbonyl (C=O) groups is 3. The van der Waals surface area contributed by atoms with Crippen molar-refractivity contribution in [3.63, 3.8) is 0 Å². The van der Waals surface area contributed by atoms with Crippen LogP contribution in [0.2, 0.25) is 5.02 Å². The molecule has 3 heterocycles. The van der Waals surface area contributed by atoms with Gasteiger partial charge in [0, 0.05) is 50.2 Å². The highest BCUT2D eigenvalue weighted by Crippen LogP contribution is 2.31. The van der Waals surface area contributed by atoms with Gasteiger partial charge in [-0.1, -0.05) is 23.7 Å². The van der Waals surface area contributed by atoms with E-state index in [9.17, 15) is 31.1 Å². The number of piperazine rings is 1. The van der Waals surface area contributed by atoms with Crippen molar-refractivity contribution in [2.24, 2.45) is 0 Å². The molecule has 3 aromatic rings. The zero-order chi connectivity index (χ0) is 34.2. The zero-order valence-corrected chi connectivity index (χ0v) is 24.7. The van der Waals surface area contributed by atoms with Gasteiger partial charge in [-0.25, -0.2) is 14.6 Å². The van der Waals surface area contributed by atoms with Crippen molar-refractivity contribution >= 4 is 58.3 Å². The monoisotopic (exact) mass is 676 g/mol. The Balaban J connectivity index is 0.000000345. The number of fused-ring (bicyclic) bond motifs is 6. The zero-order valence-electron chi connectivity index (χ0n) is 23.9. The van der Waals surface area contributed by atoms with Crippen LogP contribution in [-0.2, 0) is 27.2 Å². The van der Waals surface area contributed by atoms with Gasteiger partial charge in [0.1, 0.15) is 5.02 Å². The average Bonchev–Trinajstić information content (AvgIpc) is 2.98. The van der Waals surface area contributed by atoms with Crippen molar-refractivity contribution in [2.75, 3.05) is 41.7 Å². The molecule has 1 amide bonds. The maximum Gasteiger partial charge on any atom is 0.490 e. The summed E-state index contributed by atoms with van der Waals surface area (Å²) in [7, 11) is 0. The molecular formula is C28H27ClF6N6O5. The second kappa shape index (κ2) is 15.0. The lowest BCUT2D eigenvalue weighted by atomic mass is 10.0. The molecule has 1 saturated heterocycles. The Morgan fingerprint density at radius 2 is 1.43 bits per heavy atom. The van der Waals surface area contributed by atoms with Crippen molar-refractivity contribution in [2.45, 2.75) is 32.1 Å². The number of halogens is 7. The largest absolute Gasteiger partial charge is 0.490 e. The van der Waals surface area contributed by atoms with Gasteiger partial charge in [-0.15, -0.1) is 0 Å². The fraction of sp³-hybridized carbons (Fsp3) is 0.321. The van der Waals surface area contributed by atoms with Gasteiger partial charge >= 0.3 is 24.3 Å². The average molecular weight is 677 g/mol. The lowest BCUT2D eigenvalue weighted by molar-refractivity contribution is -0.193. The van der Waals surface area contributed by atoms with Crippen LogP contribution in [0.15, 0.2) is 48.7 Å². The first kappa shape index (κ1) is 35.7. The molecule has 6 bridgehead atoms. The second-order valence-corrected chi connectivity index (χ2v) is 10.2. The summed E-state index contributed by atoms with van der Waals surface area (Å²) in [6.45, 7) is 4.81. The van der Waals surface area contributed by atoms with Crippen LogP contribution in [0.1, 0.15) is 18.1 Å². The number of amides is 1. The predicted octanol–water partition coefficient (Wildman–Crippen LogP) is 5.65. The molecule has 248 valence electrons. The molecule has 18 heteroatoms. The Kier molecular flexibility index (Phi) is 11.6. The Labute approximate surface area is 262 Å². The highest BCUT2D eigenvalue weighted by Gasteiger charge is 2.38. The first-order valence-electron chi connectivity index (χ1n) is 13.3. The Morgan fingerprint density at radius 3 is 2.00 bits per heavy atom. The highest BCUT2D eigenvalue weighted by molar-refractivity contribution is 6.32. The molecule has 46 heavy (non-hydrogen) atoms. The second-order valence-electron chi connectivity index (χ2n) is 9.78. The Bertz CT molecular complexity index is 1540. The minimum atomic E-state index is -5.08. The molecule has 2 aliphatic heterocycles. The molecular weight excluding hydrogens is 650 g/mol. The number of aliphatic carboxylic acids is 2. The van der Waals surface area contributed by atoms with E-state index in [2.05, 4.69) is 55.8 Å². The standard InChI is InChI=1S/C24H25ClN6O.2C2HF3O2/c1-16(32)30-9-11-31(12-10-30)22-8-7-20-14-18(22)6-5-17-3-2-4-19(13-17)28-24-26-15-21(25)23(27-20)29-24;2*3-2(4,5)1(6)7/h2-4,7-8,13-15H,5-6,9-12H2,1H3,(H2,26,27,28,29);2*(H,6,7). The number of hydrogen-bond acceptors (Lipinski definition) is 8. The number of carboxylic acid groups (broad SMARTS) is 2. The maximum absolute atomic E-state index is 11.7. The first-order chi connectivity index (χ1) is 21.4. The normalized spacial score (nSPS) is 14.3. The van der Waals surface area contributed by atoms with Gasteiger partial charge in [0.15, 0.2) is 5.82 Å². The first-order valence-corrected chi connectivity index (χ1v) is 13.7. The van der Waals surface area contributed by atoms with Crippen LogP contribution in [0, 0.1) is 0 Å². The third kappa shape index (κ3) is 10.4. The summed E-state index contributed by atoms with van der Waals surface area (Å²) in [6, 6.07) is 14.7. The molecule has 11 nitrogen and oxygen atoms in total. The van der Waals surface area contributed by atoms with Crippen molar-refractivity contribution in [3.05, 3.63) is 64.8 Å². The van der Waals surface area contributed by atoms with E-state index in [-0.39, 0.29) is 5.91 Å². The van der Waals surface area contributed by atoms with Crippen LogP contribution in [-0.4, -0.2) is 81.5 Å². The SMILES string of the molecule is CC(=O)N1CCN(c2ccc3cc2CCc2cccc(c2)Nc2ncc(Cl)c(n2)N3)CC1.O=C(O)C(F)(F)F.O=C(O)C(F)(F)F. The Morgan fingerprint density at radius 1 is 0.848 bits per heavy atom. The van der Waals surface area contributed by atoms with Crippen LogP contribution in [0.3, 0.4) is 0 Å². The molecule has 0 spiro atoms. The molecule has 0 aliphatic carbocycles. The highest BCUT2D eigenvalue weighted by atomic mass is 35.5. The number of aromatic nitrogens is 2. The minimum Gasteiger partial charge on any atom is -0.475 e. The number of carbonyl (C=O) groups excluding carboxylic acids is 1. The topological polar surface area (TPSA) is 148 Å². The van der Waals surface area contributed by atoms with Gasteiger partial charge in [0.2, 0.25) is 11.9 Å². The van der Waals surface area contributed by atoms with E-state index < -0.39 is 24.3 Å². The summed E-state index contributed by atoms with van der Waals surface area (Å²) in [6.07, 6.45) is -6.75. The summed E-state index contributed by atoms with van der Waals surface area (Å²) in [4.78, 5) is 42.7. The maximum atomic E-state index is 11.7. The van der Waals surface area contributed by atoms with Gasteiger partial charge in [-0.3, -0.25) is 4.79 Å². The van der Waals surface area contributed by atoms with Crippen LogP contribution >= 0.6 is 11.6 Å². The Hall–Kier alpha value is -4.80. The van der Waals surface area contributed by atoms with Crippen molar-refractivity contribution < 1.29 is 50.9 Å². The van der Waals surface area contributed by atoms with Crippen LogP contribution in [0.4, 0.5) is 55.2 Å². The summed E-state index contributed by atoms with van der Waals surface area (Å²) < 4.78 is 63.5. The lowest BCUT2D eigenvalue weighted by Crippen LogP contribution is -2.48. The van der Waals surface area contributed by atoms with E-state index in [0.717, 1.165) is 50.4 Å². The minimum absolute atomic E-state index is 0.143. The number of aryl methyl sites for hydroxylation is 2. The van der Waals surface area contributed by atoms with Gasteiger partial charge in [-0.2, -0.15) is 31.3 Å². The smallest absolute Gasteiger partial charge is 0.475 e.